The molecular weight excluding hydrogens is 257 g/mol. The van der Waals surface area contributed by atoms with E-state index in [0.29, 0.717) is 6.42 Å². The summed E-state index contributed by atoms with van der Waals surface area (Å²) in [5.74, 6) is 0. The molecule has 1 heterocycles. The van der Waals surface area contributed by atoms with Crippen LogP contribution in [0.3, 0.4) is 0 Å². The van der Waals surface area contributed by atoms with Crippen molar-refractivity contribution in [2.45, 2.75) is 50.6 Å². The Morgan fingerprint density at radius 3 is 2.74 bits per heavy atom. The van der Waals surface area contributed by atoms with Crippen molar-refractivity contribution in [3.05, 3.63) is 29.6 Å². The zero-order valence-corrected chi connectivity index (χ0v) is 10.5. The Kier molecular flexibility index (Phi) is 4.42. The number of alkyl halides is 3. The van der Waals surface area contributed by atoms with Gasteiger partial charge >= 0.3 is 6.18 Å². The highest BCUT2D eigenvalue weighted by Gasteiger charge is 2.34. The van der Waals surface area contributed by atoms with Crippen LogP contribution >= 0.6 is 0 Å². The minimum absolute atomic E-state index is 0.0206. The van der Waals surface area contributed by atoms with Crippen molar-refractivity contribution in [3.8, 4) is 0 Å². The lowest BCUT2D eigenvalue weighted by Crippen LogP contribution is -2.42. The first-order valence-corrected chi connectivity index (χ1v) is 6.41. The van der Waals surface area contributed by atoms with Crippen molar-refractivity contribution in [2.75, 3.05) is 0 Å². The summed E-state index contributed by atoms with van der Waals surface area (Å²) in [4.78, 5) is 3.79. The molecule has 2 N–H and O–H groups in total. The highest BCUT2D eigenvalue weighted by molar-refractivity contribution is 5.22. The van der Waals surface area contributed by atoms with Gasteiger partial charge < -0.3 is 10.4 Å². The predicted molar refractivity (Wildman–Crippen MR) is 64.3 cm³/mol. The van der Waals surface area contributed by atoms with E-state index < -0.39 is 17.8 Å². The van der Waals surface area contributed by atoms with Gasteiger partial charge in [-0.1, -0.05) is 12.8 Å². The van der Waals surface area contributed by atoms with Crippen LogP contribution in [-0.4, -0.2) is 22.2 Å². The second-order valence-electron chi connectivity index (χ2n) is 4.83. The lowest BCUT2D eigenvalue weighted by atomic mass is 9.92. The van der Waals surface area contributed by atoms with Crippen molar-refractivity contribution in [1.29, 1.82) is 0 Å². The highest BCUT2D eigenvalue weighted by Crippen LogP contribution is 2.31. The lowest BCUT2D eigenvalue weighted by molar-refractivity contribution is -0.138. The normalized spacial score (nSPS) is 24.4. The maximum absolute atomic E-state index is 12.8. The minimum Gasteiger partial charge on any atom is -0.392 e. The van der Waals surface area contributed by atoms with Crippen molar-refractivity contribution in [1.82, 2.24) is 10.3 Å². The molecule has 1 aromatic rings. The average Bonchev–Trinajstić information content (AvgIpc) is 2.37. The van der Waals surface area contributed by atoms with Gasteiger partial charge in [-0.25, -0.2) is 0 Å². The fourth-order valence-corrected chi connectivity index (χ4v) is 2.41. The Morgan fingerprint density at radius 1 is 1.32 bits per heavy atom. The molecule has 2 atom stereocenters. The largest absolute Gasteiger partial charge is 0.418 e. The van der Waals surface area contributed by atoms with E-state index in [2.05, 4.69) is 10.3 Å². The van der Waals surface area contributed by atoms with Crippen LogP contribution in [0.1, 0.15) is 36.9 Å². The molecule has 0 aliphatic heterocycles. The molecule has 1 aliphatic rings. The number of hydrogen-bond donors (Lipinski definition) is 2. The molecule has 1 aliphatic carbocycles. The number of aliphatic hydroxyl groups excluding tert-OH is 1. The number of nitrogens with zero attached hydrogens (tertiary/aromatic N) is 1. The first-order chi connectivity index (χ1) is 8.98. The molecule has 1 fully saturated rings. The third-order valence-corrected chi connectivity index (χ3v) is 3.46. The minimum atomic E-state index is -4.39. The fourth-order valence-electron chi connectivity index (χ4n) is 2.41. The van der Waals surface area contributed by atoms with Crippen LogP contribution in [0, 0.1) is 0 Å². The number of aromatic nitrogens is 1. The summed E-state index contributed by atoms with van der Waals surface area (Å²) in [7, 11) is 0. The van der Waals surface area contributed by atoms with Crippen LogP contribution in [0.15, 0.2) is 18.3 Å². The third-order valence-electron chi connectivity index (χ3n) is 3.46. The Bertz CT molecular complexity index is 423. The monoisotopic (exact) mass is 274 g/mol. The van der Waals surface area contributed by atoms with Crippen LogP contribution in [0.2, 0.25) is 0 Å². The molecule has 2 rings (SSSR count). The molecule has 0 radical (unpaired) electrons. The van der Waals surface area contributed by atoms with Gasteiger partial charge in [-0.3, -0.25) is 4.98 Å². The molecule has 6 heteroatoms. The quantitative estimate of drug-likeness (QED) is 0.890. The average molecular weight is 274 g/mol. The Hall–Kier alpha value is -1.14. The van der Waals surface area contributed by atoms with E-state index in [-0.39, 0.29) is 18.3 Å². The van der Waals surface area contributed by atoms with E-state index in [0.717, 1.165) is 25.3 Å². The van der Waals surface area contributed by atoms with Crippen molar-refractivity contribution in [2.24, 2.45) is 0 Å². The van der Waals surface area contributed by atoms with Crippen molar-refractivity contribution < 1.29 is 18.3 Å². The third kappa shape index (κ3) is 3.67. The van der Waals surface area contributed by atoms with E-state index in [4.69, 9.17) is 0 Å². The summed E-state index contributed by atoms with van der Waals surface area (Å²) in [6.07, 6.45) is -0.0759. The summed E-state index contributed by atoms with van der Waals surface area (Å²) in [6, 6.07) is 2.17. The van der Waals surface area contributed by atoms with Gasteiger partial charge in [-0.05, 0) is 25.0 Å². The van der Waals surface area contributed by atoms with E-state index in [1.54, 1.807) is 0 Å². The summed E-state index contributed by atoms with van der Waals surface area (Å²) >= 11 is 0. The zero-order chi connectivity index (χ0) is 13.9. The summed E-state index contributed by atoms with van der Waals surface area (Å²) in [5.41, 5.74) is -0.736. The Morgan fingerprint density at radius 2 is 2.05 bits per heavy atom. The molecule has 1 aromatic heterocycles. The second-order valence-corrected chi connectivity index (χ2v) is 4.83. The first-order valence-electron chi connectivity index (χ1n) is 6.41. The molecule has 0 spiro atoms. The fraction of sp³-hybridized carbons (Fsp3) is 0.615. The maximum atomic E-state index is 12.8. The van der Waals surface area contributed by atoms with E-state index in [1.165, 1.54) is 12.3 Å². The molecule has 0 bridgehead atoms. The van der Waals surface area contributed by atoms with Crippen LogP contribution in [0.4, 0.5) is 13.2 Å². The number of pyridine rings is 1. The van der Waals surface area contributed by atoms with Gasteiger partial charge in [-0.15, -0.1) is 0 Å². The van der Waals surface area contributed by atoms with Crippen molar-refractivity contribution >= 4 is 0 Å². The zero-order valence-electron chi connectivity index (χ0n) is 10.5. The van der Waals surface area contributed by atoms with E-state index in [9.17, 15) is 18.3 Å². The van der Waals surface area contributed by atoms with Gasteiger partial charge in [0.25, 0.3) is 0 Å². The second kappa shape index (κ2) is 5.88. The molecule has 2 unspecified atom stereocenters. The van der Waals surface area contributed by atoms with Gasteiger partial charge in [-0.2, -0.15) is 13.2 Å². The van der Waals surface area contributed by atoms with Gasteiger partial charge in [0.2, 0.25) is 0 Å². The van der Waals surface area contributed by atoms with Gasteiger partial charge in [0.05, 0.1) is 17.4 Å². The van der Waals surface area contributed by atoms with Crippen LogP contribution in [0.5, 0.6) is 0 Å². The predicted octanol–water partition coefficient (Wildman–Crippen LogP) is 2.49. The maximum Gasteiger partial charge on any atom is 0.418 e. The van der Waals surface area contributed by atoms with Crippen LogP contribution < -0.4 is 5.32 Å². The number of rotatable bonds is 3. The molecule has 0 aromatic carbocycles. The van der Waals surface area contributed by atoms with Crippen molar-refractivity contribution in [3.63, 3.8) is 0 Å². The Balaban J connectivity index is 2.03. The lowest BCUT2D eigenvalue weighted by Gasteiger charge is -2.28. The molecule has 0 saturated heterocycles. The number of halogens is 3. The number of nitrogens with one attached hydrogen (secondary N) is 1. The Labute approximate surface area is 109 Å². The van der Waals surface area contributed by atoms with E-state index in [1.807, 2.05) is 0 Å². The highest BCUT2D eigenvalue weighted by atomic mass is 19.4. The topological polar surface area (TPSA) is 45.1 Å². The van der Waals surface area contributed by atoms with E-state index >= 15 is 0 Å². The summed E-state index contributed by atoms with van der Waals surface area (Å²) < 4.78 is 38.3. The van der Waals surface area contributed by atoms with Crippen LogP contribution in [0.25, 0.3) is 0 Å². The van der Waals surface area contributed by atoms with Gasteiger partial charge in [0.1, 0.15) is 0 Å². The SMILES string of the molecule is OC1CCCCC1NCc1ncccc1C(F)(F)F. The number of aliphatic hydroxyl groups is 1. The molecule has 3 nitrogen and oxygen atoms in total. The molecule has 0 amide bonds. The molecule has 106 valence electrons. The smallest absolute Gasteiger partial charge is 0.392 e. The van der Waals surface area contributed by atoms with Gasteiger partial charge in [0.15, 0.2) is 0 Å². The summed E-state index contributed by atoms with van der Waals surface area (Å²) in [5, 5.41) is 12.8. The first kappa shape index (κ1) is 14.3. The molecule has 1 saturated carbocycles. The standard InChI is InChI=1S/C13H17F3N2O/c14-13(15,16)9-4-3-7-17-11(9)8-18-10-5-1-2-6-12(10)19/h3-4,7,10,12,18-19H,1-2,5-6,8H2. The van der Waals surface area contributed by atoms with Crippen LogP contribution in [-0.2, 0) is 12.7 Å². The molecular formula is C13H17F3N2O. The molecule has 19 heavy (non-hydrogen) atoms. The number of hydrogen-bond acceptors (Lipinski definition) is 3. The summed E-state index contributed by atoms with van der Waals surface area (Å²) in [6.45, 7) is 0.0252. The van der Waals surface area contributed by atoms with Gasteiger partial charge in [0, 0.05) is 18.8 Å².